The Morgan fingerprint density at radius 1 is 1.12 bits per heavy atom. The zero-order chi connectivity index (χ0) is 18.1. The highest BCUT2D eigenvalue weighted by atomic mass is 16.5. The summed E-state index contributed by atoms with van der Waals surface area (Å²) in [5, 5.41) is 9.30. The third-order valence-electron chi connectivity index (χ3n) is 3.73. The number of aliphatic hydroxyl groups is 1. The highest BCUT2D eigenvalue weighted by Crippen LogP contribution is 2.25. The molecule has 0 saturated carbocycles. The fourth-order valence-corrected chi connectivity index (χ4v) is 2.43. The minimum atomic E-state index is -0.220. The highest BCUT2D eigenvalue weighted by Gasteiger charge is 2.19. The van der Waals surface area contributed by atoms with Crippen LogP contribution in [0.2, 0.25) is 0 Å². The first-order chi connectivity index (χ1) is 12.2. The average Bonchev–Trinajstić information content (AvgIpc) is 2.67. The van der Waals surface area contributed by atoms with Gasteiger partial charge in [0.15, 0.2) is 0 Å². The van der Waals surface area contributed by atoms with E-state index in [1.807, 2.05) is 42.5 Å². The molecule has 0 atom stereocenters. The van der Waals surface area contributed by atoms with Gasteiger partial charge in [0.2, 0.25) is 0 Å². The molecule has 0 saturated heterocycles. The Bertz CT molecular complexity index is 713. The van der Waals surface area contributed by atoms with Crippen LogP contribution in [0.15, 0.2) is 54.6 Å². The van der Waals surface area contributed by atoms with Crippen molar-refractivity contribution in [3.8, 4) is 11.5 Å². The van der Waals surface area contributed by atoms with Gasteiger partial charge in [0.05, 0.1) is 26.4 Å². The first kappa shape index (κ1) is 18.5. The minimum Gasteiger partial charge on any atom is -0.497 e. The van der Waals surface area contributed by atoms with Gasteiger partial charge in [-0.05, 0) is 23.8 Å². The number of carbonyl (C=O) groups excluding carboxylic acids is 1. The van der Waals surface area contributed by atoms with Gasteiger partial charge in [-0.25, -0.2) is 0 Å². The summed E-state index contributed by atoms with van der Waals surface area (Å²) >= 11 is 0. The van der Waals surface area contributed by atoms with Gasteiger partial charge in [0, 0.05) is 13.1 Å². The van der Waals surface area contributed by atoms with Gasteiger partial charge >= 0.3 is 0 Å². The van der Waals surface area contributed by atoms with E-state index in [1.165, 1.54) is 7.11 Å². The van der Waals surface area contributed by atoms with E-state index in [1.54, 1.807) is 30.2 Å². The lowest BCUT2D eigenvalue weighted by Gasteiger charge is -2.21. The second-order valence-electron chi connectivity index (χ2n) is 5.35. The molecule has 0 bridgehead atoms. The molecule has 0 spiro atoms. The van der Waals surface area contributed by atoms with Crippen molar-refractivity contribution >= 4 is 12.0 Å². The molecule has 0 aliphatic heterocycles. The number of nitrogens with zero attached hydrogens (tertiary/aromatic N) is 1. The number of hydrogen-bond acceptors (Lipinski definition) is 4. The zero-order valence-corrected chi connectivity index (χ0v) is 14.5. The lowest BCUT2D eigenvalue weighted by Crippen LogP contribution is -2.34. The van der Waals surface area contributed by atoms with Crippen LogP contribution in [-0.4, -0.2) is 49.8 Å². The van der Waals surface area contributed by atoms with Crippen LogP contribution in [0.1, 0.15) is 15.9 Å². The first-order valence-corrected chi connectivity index (χ1v) is 8.03. The maximum absolute atomic E-state index is 12.9. The van der Waals surface area contributed by atoms with Crippen LogP contribution in [0.5, 0.6) is 11.5 Å². The Morgan fingerprint density at radius 3 is 2.52 bits per heavy atom. The monoisotopic (exact) mass is 341 g/mol. The smallest absolute Gasteiger partial charge is 0.258 e. The maximum atomic E-state index is 12.9. The summed E-state index contributed by atoms with van der Waals surface area (Å²) in [6.45, 7) is 0.504. The van der Waals surface area contributed by atoms with E-state index < -0.39 is 0 Å². The molecule has 0 aromatic heterocycles. The molecule has 0 aliphatic carbocycles. The van der Waals surface area contributed by atoms with Gasteiger partial charge in [-0.3, -0.25) is 4.79 Å². The number of amides is 1. The fourth-order valence-electron chi connectivity index (χ4n) is 2.43. The van der Waals surface area contributed by atoms with Crippen molar-refractivity contribution in [1.29, 1.82) is 0 Å². The maximum Gasteiger partial charge on any atom is 0.258 e. The van der Waals surface area contributed by atoms with E-state index in [9.17, 15) is 9.90 Å². The lowest BCUT2D eigenvalue weighted by molar-refractivity contribution is 0.0739. The van der Waals surface area contributed by atoms with Crippen molar-refractivity contribution in [3.63, 3.8) is 0 Å². The number of ether oxygens (including phenoxy) is 2. The van der Waals surface area contributed by atoms with E-state index >= 15 is 0 Å². The largest absolute Gasteiger partial charge is 0.497 e. The second kappa shape index (κ2) is 9.49. The lowest BCUT2D eigenvalue weighted by atomic mass is 10.1. The predicted molar refractivity (Wildman–Crippen MR) is 98.0 cm³/mol. The predicted octanol–water partition coefficient (Wildman–Crippen LogP) is 2.85. The van der Waals surface area contributed by atoms with Crippen LogP contribution in [0.4, 0.5) is 0 Å². The molecule has 0 unspecified atom stereocenters. The standard InChI is InChI=1S/C20H23NO4/c1-24-17-10-11-19(25-2)18(15-17)20(23)21(13-14-22)12-6-9-16-7-4-3-5-8-16/h3-11,15,22H,12-14H2,1-2H3/b9-6+. The Kier molecular flexibility index (Phi) is 7.04. The number of carbonyl (C=O) groups is 1. The van der Waals surface area contributed by atoms with E-state index in [0.29, 0.717) is 23.6 Å². The van der Waals surface area contributed by atoms with Gasteiger partial charge in [0.25, 0.3) is 5.91 Å². The summed E-state index contributed by atoms with van der Waals surface area (Å²) < 4.78 is 10.5. The van der Waals surface area contributed by atoms with Crippen LogP contribution in [-0.2, 0) is 0 Å². The third kappa shape index (κ3) is 5.09. The van der Waals surface area contributed by atoms with E-state index in [0.717, 1.165) is 5.56 Å². The molecular weight excluding hydrogens is 318 g/mol. The topological polar surface area (TPSA) is 59.0 Å². The Labute approximate surface area is 148 Å². The van der Waals surface area contributed by atoms with Gasteiger partial charge in [-0.15, -0.1) is 0 Å². The van der Waals surface area contributed by atoms with Crippen LogP contribution < -0.4 is 9.47 Å². The quantitative estimate of drug-likeness (QED) is 0.802. The molecular formula is C20H23NO4. The first-order valence-electron chi connectivity index (χ1n) is 8.03. The molecule has 5 nitrogen and oxygen atoms in total. The number of benzene rings is 2. The molecule has 0 fully saturated rings. The van der Waals surface area contributed by atoms with Gasteiger partial charge in [-0.1, -0.05) is 42.5 Å². The van der Waals surface area contributed by atoms with E-state index in [2.05, 4.69) is 0 Å². The molecule has 0 aliphatic rings. The third-order valence-corrected chi connectivity index (χ3v) is 3.73. The number of hydrogen-bond donors (Lipinski definition) is 1. The summed E-state index contributed by atoms with van der Waals surface area (Å²) in [6.07, 6.45) is 3.84. The molecule has 132 valence electrons. The summed E-state index contributed by atoms with van der Waals surface area (Å²) in [4.78, 5) is 14.4. The molecule has 2 aromatic rings. The van der Waals surface area contributed by atoms with Gasteiger partial charge < -0.3 is 19.5 Å². The van der Waals surface area contributed by atoms with Gasteiger partial charge in [0.1, 0.15) is 11.5 Å². The molecule has 25 heavy (non-hydrogen) atoms. The summed E-state index contributed by atoms with van der Waals surface area (Å²) in [5.74, 6) is 0.830. The molecule has 0 radical (unpaired) electrons. The Hall–Kier alpha value is -2.79. The van der Waals surface area contributed by atoms with Crippen molar-refractivity contribution in [2.45, 2.75) is 0 Å². The number of aliphatic hydroxyl groups excluding tert-OH is 1. The molecule has 2 rings (SSSR count). The van der Waals surface area contributed by atoms with Crippen molar-refractivity contribution < 1.29 is 19.4 Å². The van der Waals surface area contributed by atoms with Crippen molar-refractivity contribution in [2.24, 2.45) is 0 Å². The number of rotatable bonds is 8. The fraction of sp³-hybridized carbons (Fsp3) is 0.250. The summed E-state index contributed by atoms with van der Waals surface area (Å²) in [6, 6.07) is 14.9. The zero-order valence-electron chi connectivity index (χ0n) is 14.5. The Morgan fingerprint density at radius 2 is 1.88 bits per heavy atom. The van der Waals surface area contributed by atoms with E-state index in [-0.39, 0.29) is 19.1 Å². The summed E-state index contributed by atoms with van der Waals surface area (Å²) in [5.41, 5.74) is 1.46. The van der Waals surface area contributed by atoms with Crippen LogP contribution >= 0.6 is 0 Å². The van der Waals surface area contributed by atoms with Crippen molar-refractivity contribution in [1.82, 2.24) is 4.90 Å². The minimum absolute atomic E-state index is 0.114. The molecule has 5 heteroatoms. The highest BCUT2D eigenvalue weighted by molar-refractivity contribution is 5.97. The molecule has 1 amide bonds. The SMILES string of the molecule is COc1ccc(OC)c(C(=O)N(C/C=C/c2ccccc2)CCO)c1. The molecule has 2 aromatic carbocycles. The second-order valence-corrected chi connectivity index (χ2v) is 5.35. The molecule has 0 heterocycles. The van der Waals surface area contributed by atoms with Gasteiger partial charge in [-0.2, -0.15) is 0 Å². The van der Waals surface area contributed by atoms with E-state index in [4.69, 9.17) is 9.47 Å². The summed E-state index contributed by atoms with van der Waals surface area (Å²) in [7, 11) is 3.06. The van der Waals surface area contributed by atoms with Crippen molar-refractivity contribution in [2.75, 3.05) is 33.9 Å². The van der Waals surface area contributed by atoms with Crippen LogP contribution in [0.3, 0.4) is 0 Å². The molecule has 1 N–H and O–H groups in total. The van der Waals surface area contributed by atoms with Crippen LogP contribution in [0.25, 0.3) is 6.08 Å². The Balaban J connectivity index is 2.18. The number of methoxy groups -OCH3 is 2. The average molecular weight is 341 g/mol. The normalized spacial score (nSPS) is 10.7. The van der Waals surface area contributed by atoms with Crippen LogP contribution in [0, 0.1) is 0 Å². The van der Waals surface area contributed by atoms with Crippen molar-refractivity contribution in [3.05, 3.63) is 65.7 Å².